The minimum Gasteiger partial charge on any atom is -0.508 e. The molecule has 0 saturated carbocycles. The third kappa shape index (κ3) is 6.14. The van der Waals surface area contributed by atoms with E-state index in [9.17, 15) is 33.3 Å². The van der Waals surface area contributed by atoms with Gasteiger partial charge >= 0.3 is 12.3 Å². The average molecular weight is 399 g/mol. The van der Waals surface area contributed by atoms with E-state index in [0.717, 1.165) is 17.7 Å². The summed E-state index contributed by atoms with van der Waals surface area (Å²) in [6.45, 7) is -0.0778. The highest BCUT2D eigenvalue weighted by molar-refractivity contribution is 5.67. The fourth-order valence-electron chi connectivity index (χ4n) is 2.51. The SMILES string of the molecule is O=C(NCCC(O)C(O)c1ccc(O)cc1C(F)(F)F)OCc1ccccc1. The Labute approximate surface area is 159 Å². The highest BCUT2D eigenvalue weighted by Gasteiger charge is 2.36. The number of carbonyl (C=O) groups excluding carboxylic acids is 1. The number of alkyl halides is 3. The summed E-state index contributed by atoms with van der Waals surface area (Å²) in [6.07, 6.45) is -9.20. The summed E-state index contributed by atoms with van der Waals surface area (Å²) < 4.78 is 44.1. The summed E-state index contributed by atoms with van der Waals surface area (Å²) in [5.41, 5.74) is -1.03. The molecule has 28 heavy (non-hydrogen) atoms. The summed E-state index contributed by atoms with van der Waals surface area (Å²) >= 11 is 0. The minimum absolute atomic E-state index is 0.0420. The standard InChI is InChI=1S/C19H20F3NO5/c20-19(21,22)15-10-13(24)6-7-14(15)17(26)16(25)8-9-23-18(27)28-11-12-4-2-1-3-5-12/h1-7,10,16-17,24-26H,8-9,11H2,(H,23,27). The van der Waals surface area contributed by atoms with E-state index < -0.39 is 41.4 Å². The third-order valence-corrected chi connectivity index (χ3v) is 3.95. The predicted molar refractivity (Wildman–Crippen MR) is 93.3 cm³/mol. The van der Waals surface area contributed by atoms with E-state index >= 15 is 0 Å². The highest BCUT2D eigenvalue weighted by atomic mass is 19.4. The molecular formula is C19H20F3NO5. The zero-order valence-corrected chi connectivity index (χ0v) is 14.7. The van der Waals surface area contributed by atoms with Gasteiger partial charge < -0.3 is 25.4 Å². The lowest BCUT2D eigenvalue weighted by molar-refractivity contribution is -0.140. The molecular weight excluding hydrogens is 379 g/mol. The molecule has 0 heterocycles. The quantitative estimate of drug-likeness (QED) is 0.573. The number of ether oxygens (including phenoxy) is 1. The Kier molecular flexibility index (Phi) is 7.24. The lowest BCUT2D eigenvalue weighted by atomic mass is 9.96. The largest absolute Gasteiger partial charge is 0.508 e. The number of rotatable bonds is 7. The fraction of sp³-hybridized carbons (Fsp3) is 0.316. The number of carbonyl (C=O) groups is 1. The number of nitrogens with one attached hydrogen (secondary N) is 1. The molecule has 2 unspecified atom stereocenters. The van der Waals surface area contributed by atoms with Crippen molar-refractivity contribution in [1.29, 1.82) is 0 Å². The Morgan fingerprint density at radius 1 is 1.11 bits per heavy atom. The van der Waals surface area contributed by atoms with Gasteiger partial charge in [-0.1, -0.05) is 36.4 Å². The minimum atomic E-state index is -4.81. The van der Waals surface area contributed by atoms with Crippen LogP contribution < -0.4 is 5.32 Å². The Balaban J connectivity index is 1.86. The van der Waals surface area contributed by atoms with E-state index in [0.29, 0.717) is 6.07 Å². The van der Waals surface area contributed by atoms with Gasteiger partial charge in [0.15, 0.2) is 0 Å². The summed E-state index contributed by atoms with van der Waals surface area (Å²) in [7, 11) is 0. The van der Waals surface area contributed by atoms with Crippen LogP contribution in [0.15, 0.2) is 48.5 Å². The number of aliphatic hydroxyl groups excluding tert-OH is 2. The number of amides is 1. The van der Waals surface area contributed by atoms with Crippen molar-refractivity contribution >= 4 is 6.09 Å². The lowest BCUT2D eigenvalue weighted by Crippen LogP contribution is -2.30. The van der Waals surface area contributed by atoms with Crippen molar-refractivity contribution in [3.05, 3.63) is 65.2 Å². The molecule has 0 aliphatic carbocycles. The van der Waals surface area contributed by atoms with Gasteiger partial charge in [0.25, 0.3) is 0 Å². The second-order valence-corrected chi connectivity index (χ2v) is 6.06. The number of aliphatic hydroxyl groups is 2. The summed E-state index contributed by atoms with van der Waals surface area (Å²) in [6, 6.07) is 11.3. The van der Waals surface area contributed by atoms with E-state index in [1.807, 2.05) is 6.07 Å². The number of alkyl carbamates (subject to hydrolysis) is 1. The maximum Gasteiger partial charge on any atom is 0.416 e. The summed E-state index contributed by atoms with van der Waals surface area (Å²) in [5, 5.41) is 31.6. The molecule has 2 aromatic carbocycles. The van der Waals surface area contributed by atoms with Crippen molar-refractivity contribution in [3.8, 4) is 5.75 Å². The number of hydrogen-bond donors (Lipinski definition) is 4. The molecule has 9 heteroatoms. The zero-order valence-electron chi connectivity index (χ0n) is 14.7. The van der Waals surface area contributed by atoms with Crippen LogP contribution in [0, 0.1) is 0 Å². The first-order valence-electron chi connectivity index (χ1n) is 8.39. The van der Waals surface area contributed by atoms with Crippen LogP contribution in [0.2, 0.25) is 0 Å². The molecule has 0 saturated heterocycles. The molecule has 2 atom stereocenters. The third-order valence-electron chi connectivity index (χ3n) is 3.95. The van der Waals surface area contributed by atoms with Crippen molar-refractivity contribution in [2.45, 2.75) is 31.4 Å². The van der Waals surface area contributed by atoms with Gasteiger partial charge in [-0.15, -0.1) is 0 Å². The van der Waals surface area contributed by atoms with Crippen LogP contribution >= 0.6 is 0 Å². The van der Waals surface area contributed by atoms with Crippen LogP contribution in [-0.2, 0) is 17.5 Å². The second kappa shape index (κ2) is 9.43. The van der Waals surface area contributed by atoms with Crippen LogP contribution in [0.25, 0.3) is 0 Å². The van der Waals surface area contributed by atoms with E-state index in [2.05, 4.69) is 5.32 Å². The number of hydrogen-bond acceptors (Lipinski definition) is 5. The Bertz CT molecular complexity index is 783. The average Bonchev–Trinajstić information content (AvgIpc) is 2.66. The van der Waals surface area contributed by atoms with Crippen molar-refractivity contribution in [2.75, 3.05) is 6.54 Å². The molecule has 152 valence electrons. The molecule has 2 aromatic rings. The van der Waals surface area contributed by atoms with E-state index in [-0.39, 0.29) is 19.6 Å². The monoisotopic (exact) mass is 399 g/mol. The van der Waals surface area contributed by atoms with Gasteiger partial charge in [-0.05, 0) is 29.7 Å². The molecule has 0 bridgehead atoms. The lowest BCUT2D eigenvalue weighted by Gasteiger charge is -2.22. The van der Waals surface area contributed by atoms with E-state index in [4.69, 9.17) is 4.74 Å². The fourth-order valence-corrected chi connectivity index (χ4v) is 2.51. The molecule has 0 aliphatic rings. The Morgan fingerprint density at radius 3 is 2.43 bits per heavy atom. The van der Waals surface area contributed by atoms with Crippen LogP contribution in [0.4, 0.5) is 18.0 Å². The molecule has 2 rings (SSSR count). The van der Waals surface area contributed by atoms with Crippen LogP contribution in [-0.4, -0.2) is 34.1 Å². The predicted octanol–water partition coefficient (Wildman–Crippen LogP) is 3.12. The first-order chi connectivity index (χ1) is 13.2. The second-order valence-electron chi connectivity index (χ2n) is 6.06. The molecule has 1 amide bonds. The smallest absolute Gasteiger partial charge is 0.416 e. The summed E-state index contributed by atoms with van der Waals surface area (Å²) in [4.78, 5) is 11.6. The zero-order chi connectivity index (χ0) is 20.7. The van der Waals surface area contributed by atoms with Crippen LogP contribution in [0.1, 0.15) is 29.2 Å². The van der Waals surface area contributed by atoms with E-state index in [1.54, 1.807) is 24.3 Å². The Morgan fingerprint density at radius 2 is 1.79 bits per heavy atom. The maximum absolute atomic E-state index is 13.1. The van der Waals surface area contributed by atoms with Gasteiger partial charge in [-0.2, -0.15) is 13.2 Å². The van der Waals surface area contributed by atoms with Gasteiger partial charge in [0, 0.05) is 6.54 Å². The maximum atomic E-state index is 13.1. The van der Waals surface area contributed by atoms with Gasteiger partial charge in [0.1, 0.15) is 18.5 Å². The first kappa shape index (κ1) is 21.5. The van der Waals surface area contributed by atoms with Crippen molar-refractivity contribution in [2.24, 2.45) is 0 Å². The number of phenolic OH excluding ortho intramolecular Hbond substituents is 1. The molecule has 6 nitrogen and oxygen atoms in total. The molecule has 0 spiro atoms. The number of halogens is 3. The van der Waals surface area contributed by atoms with Gasteiger partial charge in [-0.3, -0.25) is 0 Å². The van der Waals surface area contributed by atoms with Crippen molar-refractivity contribution in [3.63, 3.8) is 0 Å². The normalized spacial score (nSPS) is 13.6. The Hall–Kier alpha value is -2.78. The molecule has 0 aliphatic heterocycles. The first-order valence-corrected chi connectivity index (χ1v) is 8.39. The van der Waals surface area contributed by atoms with Gasteiger partial charge in [0.2, 0.25) is 0 Å². The van der Waals surface area contributed by atoms with E-state index in [1.165, 1.54) is 0 Å². The molecule has 0 radical (unpaired) electrons. The molecule has 4 N–H and O–H groups in total. The molecule has 0 aromatic heterocycles. The highest BCUT2D eigenvalue weighted by Crippen LogP contribution is 2.37. The number of phenols is 1. The van der Waals surface area contributed by atoms with Crippen LogP contribution in [0.3, 0.4) is 0 Å². The molecule has 0 fully saturated rings. The topological polar surface area (TPSA) is 99.0 Å². The van der Waals surface area contributed by atoms with Crippen molar-refractivity contribution < 1.29 is 38.0 Å². The number of benzene rings is 2. The summed E-state index contributed by atoms with van der Waals surface area (Å²) in [5.74, 6) is -0.611. The van der Waals surface area contributed by atoms with Crippen LogP contribution in [0.5, 0.6) is 5.75 Å². The van der Waals surface area contributed by atoms with Gasteiger partial charge in [0.05, 0.1) is 11.7 Å². The van der Waals surface area contributed by atoms with Crippen molar-refractivity contribution in [1.82, 2.24) is 5.32 Å². The number of aromatic hydroxyl groups is 1. The van der Waals surface area contributed by atoms with Gasteiger partial charge in [-0.25, -0.2) is 4.79 Å².